The summed E-state index contributed by atoms with van der Waals surface area (Å²) in [7, 11) is 0. The van der Waals surface area contributed by atoms with Crippen LogP contribution in [-0.4, -0.2) is 22.3 Å². The van der Waals surface area contributed by atoms with E-state index >= 15 is 0 Å². The summed E-state index contributed by atoms with van der Waals surface area (Å²) in [6, 6.07) is 1.59. The van der Waals surface area contributed by atoms with Gasteiger partial charge in [0.15, 0.2) is 5.50 Å². The molecular formula is C7H9Cl3N2O. The third-order valence-corrected chi connectivity index (χ3v) is 4.10. The molecule has 1 rings (SSSR count). The van der Waals surface area contributed by atoms with Crippen LogP contribution in [0.5, 0.6) is 0 Å². The zero-order valence-corrected chi connectivity index (χ0v) is 9.14. The van der Waals surface area contributed by atoms with E-state index in [-0.39, 0.29) is 5.06 Å². The van der Waals surface area contributed by atoms with Crippen LogP contribution in [0.15, 0.2) is 0 Å². The summed E-state index contributed by atoms with van der Waals surface area (Å²) in [6.07, 6.45) is 0. The average Bonchev–Trinajstić information content (AvgIpc) is 2.13. The minimum absolute atomic E-state index is 0.173. The third-order valence-electron chi connectivity index (χ3n) is 2.31. The normalized spacial score (nSPS) is 51.4. The summed E-state index contributed by atoms with van der Waals surface area (Å²) in [5.74, 6) is -0.557. The van der Waals surface area contributed by atoms with Gasteiger partial charge >= 0.3 is 0 Å². The minimum Gasteiger partial charge on any atom is -0.633 e. The number of nitrogens with zero attached hydrogens (tertiary/aromatic N) is 1. The number of halogens is 3. The Morgan fingerprint density at radius 3 is 2.31 bits per heavy atom. The molecule has 0 aromatic heterocycles. The SMILES string of the molecule is CC1C(Cl)C(C#N)C(Cl)C(Cl)[NH+]1[O-]. The van der Waals surface area contributed by atoms with Crippen molar-refractivity contribution in [3.63, 3.8) is 0 Å². The van der Waals surface area contributed by atoms with Crippen LogP contribution in [0.4, 0.5) is 0 Å². The summed E-state index contributed by atoms with van der Waals surface area (Å²) in [4.78, 5) is 0. The fourth-order valence-electron chi connectivity index (χ4n) is 1.38. The molecule has 0 spiro atoms. The predicted octanol–water partition coefficient (Wildman–Crippen LogP) is 0.691. The van der Waals surface area contributed by atoms with Gasteiger partial charge in [0.05, 0.1) is 12.0 Å². The molecule has 1 fully saturated rings. The molecule has 0 aliphatic carbocycles. The lowest BCUT2D eigenvalue weighted by Gasteiger charge is -2.44. The molecule has 3 nitrogen and oxygen atoms in total. The second-order valence-electron chi connectivity index (χ2n) is 3.14. The zero-order chi connectivity index (χ0) is 10.2. The van der Waals surface area contributed by atoms with Gasteiger partial charge in [0.2, 0.25) is 0 Å². The Morgan fingerprint density at radius 2 is 1.85 bits per heavy atom. The van der Waals surface area contributed by atoms with Crippen molar-refractivity contribution >= 4 is 34.8 Å². The van der Waals surface area contributed by atoms with Gasteiger partial charge in [-0.2, -0.15) is 5.26 Å². The fourth-order valence-corrected chi connectivity index (χ4v) is 2.48. The molecule has 1 N–H and O–H groups in total. The van der Waals surface area contributed by atoms with E-state index in [0.29, 0.717) is 0 Å². The standard InChI is InChI=1S/C7H9Cl3N2O/c1-3-5(8)4(2-11)6(9)7(10)12(3)13/h3-7,12H,1H3. The first kappa shape index (κ1) is 11.4. The Hall–Kier alpha value is 0.280. The first-order chi connectivity index (χ1) is 6.00. The smallest absolute Gasteiger partial charge is 0.181 e. The van der Waals surface area contributed by atoms with E-state index in [9.17, 15) is 5.21 Å². The number of quaternary nitrogens is 1. The topological polar surface area (TPSA) is 51.3 Å². The molecule has 0 saturated carbocycles. The number of piperidine rings is 1. The van der Waals surface area contributed by atoms with Gasteiger partial charge in [0.25, 0.3) is 0 Å². The van der Waals surface area contributed by atoms with Crippen molar-refractivity contribution in [2.75, 3.05) is 0 Å². The van der Waals surface area contributed by atoms with Crippen molar-refractivity contribution in [1.29, 1.82) is 5.26 Å². The molecule has 0 radical (unpaired) electrons. The Balaban J connectivity index is 2.87. The molecule has 0 aromatic rings. The maximum absolute atomic E-state index is 11.4. The lowest BCUT2D eigenvalue weighted by Crippen LogP contribution is -3.17. The summed E-state index contributed by atoms with van der Waals surface area (Å²) in [5, 5.41) is 18.8. The molecule has 1 aliphatic heterocycles. The molecule has 6 unspecified atom stereocenters. The average molecular weight is 244 g/mol. The maximum Gasteiger partial charge on any atom is 0.181 e. The lowest BCUT2D eigenvalue weighted by molar-refractivity contribution is -0.891. The van der Waals surface area contributed by atoms with E-state index in [1.807, 2.05) is 6.07 Å². The number of hydroxylamine groups is 2. The van der Waals surface area contributed by atoms with Gasteiger partial charge in [-0.3, -0.25) is 0 Å². The van der Waals surface area contributed by atoms with Crippen molar-refractivity contribution in [3.05, 3.63) is 5.21 Å². The summed E-state index contributed by atoms with van der Waals surface area (Å²) >= 11 is 17.5. The zero-order valence-electron chi connectivity index (χ0n) is 6.88. The Morgan fingerprint density at radius 1 is 1.31 bits per heavy atom. The number of rotatable bonds is 0. The maximum atomic E-state index is 11.4. The van der Waals surface area contributed by atoms with Crippen LogP contribution in [0.1, 0.15) is 6.92 Å². The van der Waals surface area contributed by atoms with Gasteiger partial charge in [0.1, 0.15) is 16.8 Å². The number of hydrogen-bond donors (Lipinski definition) is 1. The molecule has 6 heteroatoms. The van der Waals surface area contributed by atoms with Gasteiger partial charge in [-0.25, -0.2) is 0 Å². The quantitative estimate of drug-likeness (QED) is 0.387. The number of hydrogen-bond acceptors (Lipinski definition) is 2. The van der Waals surface area contributed by atoms with Gasteiger partial charge in [0, 0.05) is 0 Å². The first-order valence-electron chi connectivity index (χ1n) is 3.86. The summed E-state index contributed by atoms with van der Waals surface area (Å²) in [6.45, 7) is 1.67. The predicted molar refractivity (Wildman–Crippen MR) is 51.8 cm³/mol. The molecule has 1 heterocycles. The molecule has 1 aliphatic rings. The van der Waals surface area contributed by atoms with Crippen molar-refractivity contribution in [2.45, 2.75) is 29.2 Å². The van der Waals surface area contributed by atoms with Gasteiger partial charge in [-0.15, -0.1) is 23.2 Å². The van der Waals surface area contributed by atoms with E-state index in [1.54, 1.807) is 6.92 Å². The Labute approximate surface area is 91.7 Å². The molecule has 1 saturated heterocycles. The Bertz CT molecular complexity index is 216. The Kier molecular flexibility index (Phi) is 3.67. The van der Waals surface area contributed by atoms with E-state index in [1.165, 1.54) is 0 Å². The van der Waals surface area contributed by atoms with Crippen LogP contribution in [0.25, 0.3) is 0 Å². The first-order valence-corrected chi connectivity index (χ1v) is 5.17. The van der Waals surface area contributed by atoms with Gasteiger partial charge < -0.3 is 10.3 Å². The van der Waals surface area contributed by atoms with Crippen LogP contribution in [0.2, 0.25) is 0 Å². The van der Waals surface area contributed by atoms with Crippen LogP contribution in [0, 0.1) is 22.5 Å². The highest BCUT2D eigenvalue weighted by molar-refractivity contribution is 6.30. The van der Waals surface area contributed by atoms with Crippen LogP contribution in [0.3, 0.4) is 0 Å². The second-order valence-corrected chi connectivity index (χ2v) is 4.61. The molecule has 74 valence electrons. The minimum atomic E-state index is -0.795. The molecule has 6 atom stereocenters. The number of nitriles is 1. The van der Waals surface area contributed by atoms with Crippen LogP contribution >= 0.6 is 34.8 Å². The van der Waals surface area contributed by atoms with E-state index in [0.717, 1.165) is 0 Å². The van der Waals surface area contributed by atoms with Crippen molar-refractivity contribution in [3.8, 4) is 6.07 Å². The number of alkyl halides is 3. The lowest BCUT2D eigenvalue weighted by atomic mass is 9.93. The molecule has 0 amide bonds. The van der Waals surface area contributed by atoms with E-state index in [2.05, 4.69) is 0 Å². The van der Waals surface area contributed by atoms with Crippen molar-refractivity contribution in [2.24, 2.45) is 5.92 Å². The van der Waals surface area contributed by atoms with Crippen LogP contribution < -0.4 is 5.06 Å². The molecule has 0 bridgehead atoms. The number of nitrogens with one attached hydrogen (secondary N) is 1. The fraction of sp³-hybridized carbons (Fsp3) is 0.857. The largest absolute Gasteiger partial charge is 0.633 e. The molecule has 0 aromatic carbocycles. The van der Waals surface area contributed by atoms with E-state index in [4.69, 9.17) is 40.1 Å². The second kappa shape index (κ2) is 4.20. The van der Waals surface area contributed by atoms with Crippen molar-refractivity contribution in [1.82, 2.24) is 0 Å². The molecular weight excluding hydrogens is 234 g/mol. The highest BCUT2D eigenvalue weighted by Gasteiger charge is 2.46. The monoisotopic (exact) mass is 242 g/mol. The highest BCUT2D eigenvalue weighted by Crippen LogP contribution is 2.27. The summed E-state index contributed by atoms with van der Waals surface area (Å²) in [5.41, 5.74) is -0.795. The van der Waals surface area contributed by atoms with Crippen LogP contribution in [-0.2, 0) is 0 Å². The van der Waals surface area contributed by atoms with Gasteiger partial charge in [-0.1, -0.05) is 11.6 Å². The van der Waals surface area contributed by atoms with Gasteiger partial charge in [-0.05, 0) is 6.92 Å². The molecule has 13 heavy (non-hydrogen) atoms. The summed E-state index contributed by atoms with van der Waals surface area (Å²) < 4.78 is 0. The third kappa shape index (κ3) is 1.88. The van der Waals surface area contributed by atoms with Crippen molar-refractivity contribution < 1.29 is 5.06 Å². The highest BCUT2D eigenvalue weighted by atomic mass is 35.5. The van der Waals surface area contributed by atoms with E-state index < -0.39 is 28.2 Å².